The van der Waals surface area contributed by atoms with Crippen molar-refractivity contribution < 1.29 is 14.4 Å². The van der Waals surface area contributed by atoms with E-state index in [-0.39, 0.29) is 30.1 Å². The number of amides is 3. The summed E-state index contributed by atoms with van der Waals surface area (Å²) in [7, 11) is 0. The van der Waals surface area contributed by atoms with Crippen molar-refractivity contribution in [1.29, 1.82) is 0 Å². The zero-order valence-corrected chi connectivity index (χ0v) is 19.7. The van der Waals surface area contributed by atoms with Crippen LogP contribution in [0.5, 0.6) is 0 Å². The molecule has 1 unspecified atom stereocenters. The predicted molar refractivity (Wildman–Crippen MR) is 133 cm³/mol. The van der Waals surface area contributed by atoms with Gasteiger partial charge in [-0.3, -0.25) is 14.4 Å². The molecule has 176 valence electrons. The lowest BCUT2D eigenvalue weighted by atomic mass is 9.99. The molecule has 1 atom stereocenters. The van der Waals surface area contributed by atoms with E-state index < -0.39 is 6.04 Å². The van der Waals surface area contributed by atoms with E-state index in [2.05, 4.69) is 5.32 Å². The van der Waals surface area contributed by atoms with Crippen LogP contribution in [0, 0.1) is 5.92 Å². The Balaban J connectivity index is 1.37. The summed E-state index contributed by atoms with van der Waals surface area (Å²) in [5, 5.41) is 5.11. The van der Waals surface area contributed by atoms with Crippen LogP contribution in [0.15, 0.2) is 72.8 Å². The number of carbonyl (C=O) groups excluding carboxylic acids is 3. The first-order valence-electron chi connectivity index (χ1n) is 11.8. The van der Waals surface area contributed by atoms with Crippen molar-refractivity contribution in [2.45, 2.75) is 26.3 Å². The average Bonchev–Trinajstić information content (AvgIpc) is 2.87. The van der Waals surface area contributed by atoms with Crippen LogP contribution in [0.25, 0.3) is 10.8 Å². The highest BCUT2D eigenvalue weighted by molar-refractivity contribution is 5.95. The van der Waals surface area contributed by atoms with E-state index >= 15 is 0 Å². The molecule has 6 heteroatoms. The van der Waals surface area contributed by atoms with Gasteiger partial charge in [-0.25, -0.2) is 0 Å². The number of hydrogen-bond acceptors (Lipinski definition) is 3. The number of fused-ring (bicyclic) bond motifs is 1. The smallest absolute Gasteiger partial charge is 0.253 e. The number of rotatable bonds is 6. The van der Waals surface area contributed by atoms with E-state index in [4.69, 9.17) is 0 Å². The molecule has 0 aromatic heterocycles. The highest BCUT2D eigenvalue weighted by atomic mass is 16.2. The van der Waals surface area contributed by atoms with Crippen LogP contribution in [-0.4, -0.2) is 59.7 Å². The summed E-state index contributed by atoms with van der Waals surface area (Å²) >= 11 is 0. The second-order valence-electron chi connectivity index (χ2n) is 9.09. The zero-order valence-electron chi connectivity index (χ0n) is 19.7. The van der Waals surface area contributed by atoms with Crippen molar-refractivity contribution in [3.05, 3.63) is 83.9 Å². The molecule has 0 spiro atoms. The standard InChI is InChI=1S/C28H31N3O3/c1-20(2)26(29-25(32)19-23-13-8-12-21-9-6-7-14-24(21)23)28(34)31-17-15-30(16-18-31)27(33)22-10-4-3-5-11-22/h3-14,20,26H,15-19H2,1-2H3,(H,29,32). The summed E-state index contributed by atoms with van der Waals surface area (Å²) < 4.78 is 0. The molecule has 6 nitrogen and oxygen atoms in total. The molecule has 0 aliphatic carbocycles. The SMILES string of the molecule is CC(C)C(NC(=O)Cc1cccc2ccccc12)C(=O)N1CCN(C(=O)c2ccccc2)CC1. The quantitative estimate of drug-likeness (QED) is 0.616. The van der Waals surface area contributed by atoms with Gasteiger partial charge in [-0.05, 0) is 34.4 Å². The number of carbonyl (C=O) groups is 3. The minimum atomic E-state index is -0.598. The van der Waals surface area contributed by atoms with Crippen molar-refractivity contribution in [2.75, 3.05) is 26.2 Å². The number of piperazine rings is 1. The largest absolute Gasteiger partial charge is 0.344 e. The first kappa shape index (κ1) is 23.5. The van der Waals surface area contributed by atoms with Gasteiger partial charge in [0.1, 0.15) is 6.04 Å². The molecule has 34 heavy (non-hydrogen) atoms. The molecule has 3 aromatic rings. The van der Waals surface area contributed by atoms with Crippen molar-refractivity contribution in [2.24, 2.45) is 5.92 Å². The van der Waals surface area contributed by atoms with Gasteiger partial charge in [-0.1, -0.05) is 74.5 Å². The third kappa shape index (κ3) is 5.28. The molecule has 3 amide bonds. The topological polar surface area (TPSA) is 69.7 Å². The van der Waals surface area contributed by atoms with Gasteiger partial charge in [0.15, 0.2) is 0 Å². The molecule has 1 fully saturated rings. The van der Waals surface area contributed by atoms with Crippen LogP contribution in [0.4, 0.5) is 0 Å². The van der Waals surface area contributed by atoms with E-state index in [9.17, 15) is 14.4 Å². The fourth-order valence-corrected chi connectivity index (χ4v) is 4.45. The second-order valence-corrected chi connectivity index (χ2v) is 9.09. The summed E-state index contributed by atoms with van der Waals surface area (Å²) in [4.78, 5) is 42.5. The van der Waals surface area contributed by atoms with Gasteiger partial charge in [0.05, 0.1) is 6.42 Å². The van der Waals surface area contributed by atoms with Gasteiger partial charge in [-0.15, -0.1) is 0 Å². The Hall–Kier alpha value is -3.67. The van der Waals surface area contributed by atoms with Crippen LogP contribution < -0.4 is 5.32 Å². The van der Waals surface area contributed by atoms with E-state index in [1.54, 1.807) is 21.9 Å². The van der Waals surface area contributed by atoms with Crippen LogP contribution in [0.1, 0.15) is 29.8 Å². The maximum absolute atomic E-state index is 13.3. The van der Waals surface area contributed by atoms with E-state index in [1.165, 1.54) is 0 Å². The molecule has 3 aromatic carbocycles. The van der Waals surface area contributed by atoms with Gasteiger partial charge in [0.2, 0.25) is 11.8 Å². The Labute approximate surface area is 200 Å². The van der Waals surface area contributed by atoms with Crippen molar-refractivity contribution in [3.8, 4) is 0 Å². The molecule has 1 saturated heterocycles. The zero-order chi connectivity index (χ0) is 24.1. The highest BCUT2D eigenvalue weighted by Crippen LogP contribution is 2.19. The van der Waals surface area contributed by atoms with Crippen LogP contribution in [0.3, 0.4) is 0 Å². The number of nitrogens with one attached hydrogen (secondary N) is 1. The van der Waals surface area contributed by atoms with Crippen LogP contribution in [0.2, 0.25) is 0 Å². The number of hydrogen-bond donors (Lipinski definition) is 1. The summed E-state index contributed by atoms with van der Waals surface area (Å²) in [6.07, 6.45) is 0.219. The van der Waals surface area contributed by atoms with E-state index in [0.717, 1.165) is 16.3 Å². The molecular formula is C28H31N3O3. The number of nitrogens with zero attached hydrogens (tertiary/aromatic N) is 2. The molecule has 0 bridgehead atoms. The van der Waals surface area contributed by atoms with E-state index in [1.807, 2.05) is 74.5 Å². The van der Waals surface area contributed by atoms with Crippen molar-refractivity contribution in [3.63, 3.8) is 0 Å². The lowest BCUT2D eigenvalue weighted by Crippen LogP contribution is -2.57. The van der Waals surface area contributed by atoms with Gasteiger partial charge in [0.25, 0.3) is 5.91 Å². The molecule has 4 rings (SSSR count). The average molecular weight is 458 g/mol. The first-order valence-corrected chi connectivity index (χ1v) is 11.8. The minimum absolute atomic E-state index is 0.0171. The molecule has 1 heterocycles. The fourth-order valence-electron chi connectivity index (χ4n) is 4.45. The lowest BCUT2D eigenvalue weighted by molar-refractivity contribution is -0.138. The Bertz CT molecular complexity index is 1160. The molecule has 0 radical (unpaired) electrons. The second kappa shape index (κ2) is 10.5. The summed E-state index contributed by atoms with van der Waals surface area (Å²) in [5.41, 5.74) is 1.60. The van der Waals surface area contributed by atoms with E-state index in [0.29, 0.717) is 31.7 Å². The third-order valence-corrected chi connectivity index (χ3v) is 6.38. The lowest BCUT2D eigenvalue weighted by Gasteiger charge is -2.37. The molecule has 1 N–H and O–H groups in total. The Kier molecular flexibility index (Phi) is 7.26. The maximum Gasteiger partial charge on any atom is 0.253 e. The summed E-state index contributed by atoms with van der Waals surface area (Å²) in [5.74, 6) is -0.321. The molecule has 1 aliphatic rings. The Morgan fingerprint density at radius 1 is 0.794 bits per heavy atom. The monoisotopic (exact) mass is 457 g/mol. The van der Waals surface area contributed by atoms with Gasteiger partial charge < -0.3 is 15.1 Å². The first-order chi connectivity index (χ1) is 16.4. The Morgan fingerprint density at radius 2 is 1.41 bits per heavy atom. The highest BCUT2D eigenvalue weighted by Gasteiger charge is 2.32. The summed E-state index contributed by atoms with van der Waals surface area (Å²) in [6, 6.07) is 22.5. The van der Waals surface area contributed by atoms with Gasteiger partial charge >= 0.3 is 0 Å². The summed E-state index contributed by atoms with van der Waals surface area (Å²) in [6.45, 7) is 5.76. The van der Waals surface area contributed by atoms with Crippen molar-refractivity contribution >= 4 is 28.5 Å². The molecule has 0 saturated carbocycles. The fraction of sp³-hybridized carbons (Fsp3) is 0.321. The van der Waals surface area contributed by atoms with Crippen LogP contribution in [-0.2, 0) is 16.0 Å². The molecular weight excluding hydrogens is 426 g/mol. The number of benzene rings is 3. The predicted octanol–water partition coefficient (Wildman–Crippen LogP) is 3.51. The van der Waals surface area contributed by atoms with Crippen LogP contribution >= 0.6 is 0 Å². The molecule has 1 aliphatic heterocycles. The van der Waals surface area contributed by atoms with Crippen molar-refractivity contribution in [1.82, 2.24) is 15.1 Å². The van der Waals surface area contributed by atoms with Gasteiger partial charge in [-0.2, -0.15) is 0 Å². The Morgan fingerprint density at radius 3 is 2.12 bits per heavy atom. The minimum Gasteiger partial charge on any atom is -0.344 e. The maximum atomic E-state index is 13.3. The third-order valence-electron chi connectivity index (χ3n) is 6.38. The van der Waals surface area contributed by atoms with Gasteiger partial charge in [0, 0.05) is 31.7 Å². The normalized spacial score (nSPS) is 14.8.